The highest BCUT2D eigenvalue weighted by molar-refractivity contribution is 6.30. The van der Waals surface area contributed by atoms with Gasteiger partial charge >= 0.3 is 0 Å². The van der Waals surface area contributed by atoms with Crippen molar-refractivity contribution < 1.29 is 5.11 Å². The first kappa shape index (κ1) is 10.5. The molecule has 0 fully saturated rings. The highest BCUT2D eigenvalue weighted by atomic mass is 35.5. The molecule has 0 aliphatic heterocycles. The van der Waals surface area contributed by atoms with E-state index in [2.05, 4.69) is 5.32 Å². The van der Waals surface area contributed by atoms with Gasteiger partial charge in [-0.05, 0) is 24.6 Å². The zero-order chi connectivity index (χ0) is 9.68. The molecule has 13 heavy (non-hydrogen) atoms. The predicted molar refractivity (Wildman–Crippen MR) is 55.0 cm³/mol. The quantitative estimate of drug-likeness (QED) is 0.778. The molecule has 0 aliphatic carbocycles. The molecule has 0 aromatic heterocycles. The molecule has 0 spiro atoms. The standard InChI is InChI=1S/C10H14ClNO/c1-8(12-5-6-13)9-3-2-4-10(11)7-9/h2-4,7-8,12-13H,5-6H2,1H3/t8-/m1/s1. The van der Waals surface area contributed by atoms with Gasteiger partial charge in [0.15, 0.2) is 0 Å². The lowest BCUT2D eigenvalue weighted by molar-refractivity contribution is 0.286. The largest absolute Gasteiger partial charge is 0.395 e. The van der Waals surface area contributed by atoms with Crippen LogP contribution in [-0.2, 0) is 0 Å². The topological polar surface area (TPSA) is 32.3 Å². The normalized spacial score (nSPS) is 12.8. The second kappa shape index (κ2) is 5.22. The van der Waals surface area contributed by atoms with Crippen molar-refractivity contribution in [3.05, 3.63) is 34.9 Å². The molecule has 0 amide bonds. The summed E-state index contributed by atoms with van der Waals surface area (Å²) >= 11 is 5.85. The number of aliphatic hydroxyl groups is 1. The predicted octanol–water partition coefficient (Wildman–Crippen LogP) is 1.98. The van der Waals surface area contributed by atoms with E-state index in [0.717, 1.165) is 10.6 Å². The van der Waals surface area contributed by atoms with E-state index in [1.54, 1.807) is 0 Å². The Morgan fingerprint density at radius 2 is 2.31 bits per heavy atom. The summed E-state index contributed by atoms with van der Waals surface area (Å²) in [4.78, 5) is 0. The van der Waals surface area contributed by atoms with Crippen molar-refractivity contribution in [3.8, 4) is 0 Å². The minimum absolute atomic E-state index is 0.158. The van der Waals surface area contributed by atoms with Crippen molar-refractivity contribution in [1.29, 1.82) is 0 Å². The van der Waals surface area contributed by atoms with Gasteiger partial charge in [-0.1, -0.05) is 23.7 Å². The molecule has 72 valence electrons. The fourth-order valence-electron chi connectivity index (χ4n) is 1.17. The van der Waals surface area contributed by atoms with Crippen molar-refractivity contribution in [1.82, 2.24) is 5.32 Å². The van der Waals surface area contributed by atoms with Gasteiger partial charge in [-0.3, -0.25) is 0 Å². The molecule has 0 aliphatic rings. The molecule has 0 saturated heterocycles. The van der Waals surface area contributed by atoms with E-state index >= 15 is 0 Å². The monoisotopic (exact) mass is 199 g/mol. The van der Waals surface area contributed by atoms with Crippen LogP contribution in [0.4, 0.5) is 0 Å². The van der Waals surface area contributed by atoms with Gasteiger partial charge in [0.25, 0.3) is 0 Å². The SMILES string of the molecule is C[C@@H](NCCO)c1cccc(Cl)c1. The van der Waals surface area contributed by atoms with Gasteiger partial charge in [-0.25, -0.2) is 0 Å². The highest BCUT2D eigenvalue weighted by Crippen LogP contribution is 2.16. The van der Waals surface area contributed by atoms with Gasteiger partial charge in [0.05, 0.1) is 6.61 Å². The number of hydrogen-bond donors (Lipinski definition) is 2. The van der Waals surface area contributed by atoms with E-state index in [4.69, 9.17) is 16.7 Å². The maximum atomic E-state index is 8.63. The average Bonchev–Trinajstić information content (AvgIpc) is 2.14. The fourth-order valence-corrected chi connectivity index (χ4v) is 1.37. The van der Waals surface area contributed by atoms with Crippen LogP contribution in [0, 0.1) is 0 Å². The molecule has 1 aromatic rings. The lowest BCUT2D eigenvalue weighted by Crippen LogP contribution is -2.21. The number of rotatable bonds is 4. The van der Waals surface area contributed by atoms with Gasteiger partial charge in [-0.15, -0.1) is 0 Å². The van der Waals surface area contributed by atoms with Crippen molar-refractivity contribution >= 4 is 11.6 Å². The average molecular weight is 200 g/mol. The number of hydrogen-bond acceptors (Lipinski definition) is 2. The third kappa shape index (κ3) is 3.35. The van der Waals surface area contributed by atoms with Crippen LogP contribution in [0.15, 0.2) is 24.3 Å². The second-order valence-corrected chi connectivity index (χ2v) is 3.39. The number of benzene rings is 1. The van der Waals surface area contributed by atoms with Crippen molar-refractivity contribution in [2.75, 3.05) is 13.2 Å². The first-order valence-corrected chi connectivity index (χ1v) is 4.71. The summed E-state index contributed by atoms with van der Waals surface area (Å²) < 4.78 is 0. The van der Waals surface area contributed by atoms with E-state index in [1.807, 2.05) is 31.2 Å². The van der Waals surface area contributed by atoms with E-state index in [-0.39, 0.29) is 12.6 Å². The molecule has 1 aromatic carbocycles. The summed E-state index contributed by atoms with van der Waals surface area (Å²) in [7, 11) is 0. The molecule has 1 atom stereocenters. The lowest BCUT2D eigenvalue weighted by atomic mass is 10.1. The van der Waals surface area contributed by atoms with Gasteiger partial charge < -0.3 is 10.4 Å². The van der Waals surface area contributed by atoms with Crippen molar-refractivity contribution in [3.63, 3.8) is 0 Å². The Labute approximate surface area is 83.5 Å². The van der Waals surface area contributed by atoms with Crippen LogP contribution in [0.2, 0.25) is 5.02 Å². The maximum Gasteiger partial charge on any atom is 0.0556 e. The van der Waals surface area contributed by atoms with Crippen LogP contribution in [0.25, 0.3) is 0 Å². The Balaban J connectivity index is 2.60. The zero-order valence-corrected chi connectivity index (χ0v) is 8.38. The van der Waals surface area contributed by atoms with Gasteiger partial charge in [0.1, 0.15) is 0 Å². The summed E-state index contributed by atoms with van der Waals surface area (Å²) in [6, 6.07) is 7.95. The first-order valence-electron chi connectivity index (χ1n) is 4.33. The molecule has 0 unspecified atom stereocenters. The Morgan fingerprint density at radius 3 is 2.92 bits per heavy atom. The summed E-state index contributed by atoms with van der Waals surface area (Å²) in [5.41, 5.74) is 1.14. The Bertz CT molecular complexity index is 265. The number of aliphatic hydroxyl groups excluding tert-OH is 1. The summed E-state index contributed by atoms with van der Waals surface area (Å²) in [6.45, 7) is 2.81. The smallest absolute Gasteiger partial charge is 0.0556 e. The second-order valence-electron chi connectivity index (χ2n) is 2.95. The number of nitrogens with one attached hydrogen (secondary N) is 1. The molecule has 3 heteroatoms. The molecule has 1 rings (SSSR count). The molecule has 0 heterocycles. The van der Waals surface area contributed by atoms with Crippen LogP contribution in [0.1, 0.15) is 18.5 Å². The Hall–Kier alpha value is -0.570. The highest BCUT2D eigenvalue weighted by Gasteiger charge is 2.03. The first-order chi connectivity index (χ1) is 6.24. The minimum atomic E-state index is 0.158. The van der Waals surface area contributed by atoms with Gasteiger partial charge in [-0.2, -0.15) is 0 Å². The molecular weight excluding hydrogens is 186 g/mol. The third-order valence-electron chi connectivity index (χ3n) is 1.91. The molecule has 0 saturated carbocycles. The van der Waals surface area contributed by atoms with Crippen LogP contribution in [0.3, 0.4) is 0 Å². The summed E-state index contributed by atoms with van der Waals surface area (Å²) in [6.07, 6.45) is 0. The zero-order valence-electron chi connectivity index (χ0n) is 7.63. The van der Waals surface area contributed by atoms with E-state index in [0.29, 0.717) is 6.54 Å². The molecule has 0 bridgehead atoms. The fraction of sp³-hybridized carbons (Fsp3) is 0.400. The molecule has 2 N–H and O–H groups in total. The van der Waals surface area contributed by atoms with Crippen LogP contribution < -0.4 is 5.32 Å². The number of halogens is 1. The van der Waals surface area contributed by atoms with Crippen molar-refractivity contribution in [2.24, 2.45) is 0 Å². The Kier molecular flexibility index (Phi) is 4.22. The maximum absolute atomic E-state index is 8.63. The van der Waals surface area contributed by atoms with E-state index in [9.17, 15) is 0 Å². The van der Waals surface area contributed by atoms with Gasteiger partial charge in [0, 0.05) is 17.6 Å². The minimum Gasteiger partial charge on any atom is -0.395 e. The van der Waals surface area contributed by atoms with Crippen LogP contribution in [-0.4, -0.2) is 18.3 Å². The van der Waals surface area contributed by atoms with Crippen LogP contribution in [0.5, 0.6) is 0 Å². The van der Waals surface area contributed by atoms with Crippen LogP contribution >= 0.6 is 11.6 Å². The summed E-state index contributed by atoms with van der Waals surface area (Å²) in [5, 5.41) is 12.5. The van der Waals surface area contributed by atoms with E-state index < -0.39 is 0 Å². The van der Waals surface area contributed by atoms with Gasteiger partial charge in [0.2, 0.25) is 0 Å². The molecule has 2 nitrogen and oxygen atoms in total. The third-order valence-corrected chi connectivity index (χ3v) is 2.15. The Morgan fingerprint density at radius 1 is 1.54 bits per heavy atom. The summed E-state index contributed by atoms with van der Waals surface area (Å²) in [5.74, 6) is 0. The van der Waals surface area contributed by atoms with Crippen molar-refractivity contribution in [2.45, 2.75) is 13.0 Å². The lowest BCUT2D eigenvalue weighted by Gasteiger charge is -2.13. The van der Waals surface area contributed by atoms with E-state index in [1.165, 1.54) is 0 Å². The molecular formula is C10H14ClNO. The molecule has 0 radical (unpaired) electrons.